The number of rotatable bonds is 6. The van der Waals surface area contributed by atoms with Gasteiger partial charge in [-0.15, -0.1) is 5.10 Å². The molecule has 1 amide bonds. The van der Waals surface area contributed by atoms with Crippen molar-refractivity contribution in [1.29, 1.82) is 0 Å². The van der Waals surface area contributed by atoms with E-state index in [1.54, 1.807) is 19.1 Å². The van der Waals surface area contributed by atoms with E-state index in [-0.39, 0.29) is 29.6 Å². The highest BCUT2D eigenvalue weighted by molar-refractivity contribution is 6.05. The molecule has 29 heavy (non-hydrogen) atoms. The number of nitrogens with one attached hydrogen (secondary N) is 1. The Hall–Kier alpha value is -4.01. The van der Waals surface area contributed by atoms with Gasteiger partial charge in [0.15, 0.2) is 34.7 Å². The second kappa shape index (κ2) is 7.55. The summed E-state index contributed by atoms with van der Waals surface area (Å²) in [5, 5.41) is 11.0. The van der Waals surface area contributed by atoms with E-state index in [1.807, 2.05) is 30.3 Å². The van der Waals surface area contributed by atoms with Gasteiger partial charge in [-0.2, -0.15) is 9.90 Å². The van der Waals surface area contributed by atoms with Crippen molar-refractivity contribution < 1.29 is 18.4 Å². The zero-order valence-corrected chi connectivity index (χ0v) is 15.7. The normalized spacial score (nSPS) is 10.8. The Kier molecular flexibility index (Phi) is 4.78. The third-order valence-electron chi connectivity index (χ3n) is 4.07. The van der Waals surface area contributed by atoms with Gasteiger partial charge in [0.05, 0.1) is 6.20 Å². The molecule has 4 aromatic rings. The van der Waals surface area contributed by atoms with Crippen LogP contribution in [0.3, 0.4) is 0 Å². The van der Waals surface area contributed by atoms with Gasteiger partial charge in [-0.05, 0) is 12.1 Å². The van der Waals surface area contributed by atoms with Crippen LogP contribution in [0.1, 0.15) is 39.6 Å². The van der Waals surface area contributed by atoms with Crippen LogP contribution in [-0.4, -0.2) is 31.7 Å². The average molecular weight is 391 g/mol. The number of amides is 1. The fraction of sp³-hybridized carbons (Fsp3) is 0.150. The van der Waals surface area contributed by atoms with E-state index in [9.17, 15) is 9.59 Å². The third-order valence-corrected chi connectivity index (χ3v) is 4.07. The van der Waals surface area contributed by atoms with Crippen molar-refractivity contribution >= 4 is 17.5 Å². The Labute approximate surface area is 165 Å². The quantitative estimate of drug-likeness (QED) is 0.501. The van der Waals surface area contributed by atoms with Gasteiger partial charge in [0, 0.05) is 19.4 Å². The van der Waals surface area contributed by atoms with Gasteiger partial charge in [0.1, 0.15) is 12.3 Å². The minimum absolute atomic E-state index is 0.158. The summed E-state index contributed by atoms with van der Waals surface area (Å²) in [5.41, 5.74) is 0.918. The molecule has 3 aromatic heterocycles. The number of ketones is 1. The highest BCUT2D eigenvalue weighted by Gasteiger charge is 2.21. The summed E-state index contributed by atoms with van der Waals surface area (Å²) >= 11 is 0. The number of benzene rings is 1. The first-order valence-electron chi connectivity index (χ1n) is 8.83. The topological polar surface area (TPSA) is 116 Å². The number of carbonyl (C=O) groups excluding carboxylic acids is 2. The van der Waals surface area contributed by atoms with Crippen molar-refractivity contribution in [3.63, 3.8) is 0 Å². The minimum atomic E-state index is -0.454. The largest absolute Gasteiger partial charge is 0.456 e. The first kappa shape index (κ1) is 18.4. The Bertz CT molecular complexity index is 1170. The van der Waals surface area contributed by atoms with Crippen LogP contribution in [-0.2, 0) is 6.54 Å². The number of furan rings is 1. The van der Waals surface area contributed by atoms with Crippen LogP contribution in [0.4, 0.5) is 5.82 Å². The molecule has 0 bridgehead atoms. The molecular weight excluding hydrogens is 374 g/mol. The molecule has 1 aromatic carbocycles. The van der Waals surface area contributed by atoms with Gasteiger partial charge in [-0.25, -0.2) is 4.98 Å². The molecule has 0 radical (unpaired) electrons. The monoisotopic (exact) mass is 391 g/mol. The maximum Gasteiger partial charge on any atom is 0.279 e. The smallest absolute Gasteiger partial charge is 0.279 e. The average Bonchev–Trinajstić information content (AvgIpc) is 3.43. The molecular formula is C20H17N5O4. The molecule has 9 heteroatoms. The SMILES string of the molecule is CC(=O)c1ccc(Cn2ncc(NC(=O)c3nc(C)oc3-c3ccccc3)n2)o1. The predicted molar refractivity (Wildman–Crippen MR) is 102 cm³/mol. The summed E-state index contributed by atoms with van der Waals surface area (Å²) in [6.07, 6.45) is 1.42. The van der Waals surface area contributed by atoms with Crippen LogP contribution in [0.25, 0.3) is 11.3 Å². The van der Waals surface area contributed by atoms with Crippen LogP contribution in [0.5, 0.6) is 0 Å². The van der Waals surface area contributed by atoms with Gasteiger partial charge < -0.3 is 14.2 Å². The van der Waals surface area contributed by atoms with Gasteiger partial charge in [-0.1, -0.05) is 30.3 Å². The Morgan fingerprint density at radius 1 is 1.10 bits per heavy atom. The Balaban J connectivity index is 1.49. The maximum absolute atomic E-state index is 12.7. The van der Waals surface area contributed by atoms with E-state index in [0.717, 1.165) is 5.56 Å². The molecule has 0 spiro atoms. The lowest BCUT2D eigenvalue weighted by Crippen LogP contribution is -2.14. The van der Waals surface area contributed by atoms with Crippen LogP contribution in [0.15, 0.2) is 57.5 Å². The fourth-order valence-electron chi connectivity index (χ4n) is 2.76. The number of anilines is 1. The van der Waals surface area contributed by atoms with Crippen molar-refractivity contribution in [1.82, 2.24) is 20.0 Å². The number of oxazole rings is 1. The summed E-state index contributed by atoms with van der Waals surface area (Å²) in [6, 6.07) is 12.5. The van der Waals surface area contributed by atoms with E-state index in [0.29, 0.717) is 17.4 Å². The summed E-state index contributed by atoms with van der Waals surface area (Å²) in [7, 11) is 0. The number of hydrogen-bond acceptors (Lipinski definition) is 7. The molecule has 9 nitrogen and oxygen atoms in total. The number of nitrogens with zero attached hydrogens (tertiary/aromatic N) is 4. The predicted octanol–water partition coefficient (Wildman–Crippen LogP) is 3.34. The van der Waals surface area contributed by atoms with E-state index < -0.39 is 5.91 Å². The van der Waals surface area contributed by atoms with E-state index in [2.05, 4.69) is 20.5 Å². The third kappa shape index (κ3) is 3.98. The molecule has 0 unspecified atom stereocenters. The first-order chi connectivity index (χ1) is 14.0. The van der Waals surface area contributed by atoms with E-state index >= 15 is 0 Å². The lowest BCUT2D eigenvalue weighted by molar-refractivity contribution is 0.0983. The summed E-state index contributed by atoms with van der Waals surface area (Å²) in [4.78, 5) is 29.6. The highest BCUT2D eigenvalue weighted by Crippen LogP contribution is 2.25. The number of aryl methyl sites for hydroxylation is 1. The number of carbonyl (C=O) groups is 2. The molecule has 0 atom stereocenters. The molecule has 4 rings (SSSR count). The van der Waals surface area contributed by atoms with Gasteiger partial charge >= 0.3 is 0 Å². The van der Waals surface area contributed by atoms with Crippen LogP contribution in [0.2, 0.25) is 0 Å². The first-order valence-corrected chi connectivity index (χ1v) is 8.83. The molecule has 0 saturated carbocycles. The second-order valence-corrected chi connectivity index (χ2v) is 6.31. The molecule has 0 aliphatic rings. The number of hydrogen-bond donors (Lipinski definition) is 1. The van der Waals surface area contributed by atoms with E-state index in [1.165, 1.54) is 17.9 Å². The van der Waals surface area contributed by atoms with Crippen molar-refractivity contribution in [2.75, 3.05) is 5.32 Å². The van der Waals surface area contributed by atoms with Crippen molar-refractivity contribution in [3.05, 3.63) is 71.8 Å². The highest BCUT2D eigenvalue weighted by atomic mass is 16.4. The second-order valence-electron chi connectivity index (χ2n) is 6.31. The van der Waals surface area contributed by atoms with Gasteiger partial charge in [-0.3, -0.25) is 9.59 Å². The van der Waals surface area contributed by atoms with Crippen LogP contribution >= 0.6 is 0 Å². The van der Waals surface area contributed by atoms with Gasteiger partial charge in [0.25, 0.3) is 5.91 Å². The number of Topliss-reactive ketones (excluding diaryl/α,β-unsaturated/α-hetero) is 1. The molecule has 0 aliphatic carbocycles. The van der Waals surface area contributed by atoms with E-state index in [4.69, 9.17) is 8.83 Å². The Morgan fingerprint density at radius 2 is 1.90 bits per heavy atom. The molecule has 146 valence electrons. The van der Waals surface area contributed by atoms with Gasteiger partial charge in [0.2, 0.25) is 0 Å². The standard InChI is InChI=1S/C20H17N5O4/c1-12(26)16-9-8-15(29-16)11-25-21-10-17(24-25)23-20(27)18-19(28-13(2)22-18)14-6-4-3-5-7-14/h3-10H,11H2,1-2H3,(H,23,24,27). The summed E-state index contributed by atoms with van der Waals surface area (Å²) in [6.45, 7) is 3.33. The lowest BCUT2D eigenvalue weighted by atomic mass is 10.1. The molecule has 3 heterocycles. The Morgan fingerprint density at radius 3 is 2.62 bits per heavy atom. The van der Waals surface area contributed by atoms with Crippen molar-refractivity contribution in [2.24, 2.45) is 0 Å². The lowest BCUT2D eigenvalue weighted by Gasteiger charge is -2.01. The summed E-state index contributed by atoms with van der Waals surface area (Å²) < 4.78 is 11.0. The van der Waals surface area contributed by atoms with Crippen molar-refractivity contribution in [3.8, 4) is 11.3 Å². The molecule has 0 fully saturated rings. The molecule has 1 N–H and O–H groups in total. The number of aromatic nitrogens is 4. The van der Waals surface area contributed by atoms with Crippen LogP contribution < -0.4 is 5.32 Å². The van der Waals surface area contributed by atoms with Crippen molar-refractivity contribution in [2.45, 2.75) is 20.4 Å². The maximum atomic E-state index is 12.7. The minimum Gasteiger partial charge on any atom is -0.456 e. The molecule has 0 saturated heterocycles. The molecule has 0 aliphatic heterocycles. The van der Waals surface area contributed by atoms with Crippen LogP contribution in [0, 0.1) is 6.92 Å². The fourth-order valence-corrected chi connectivity index (χ4v) is 2.76. The zero-order valence-electron chi connectivity index (χ0n) is 15.7. The zero-order chi connectivity index (χ0) is 20.4. The summed E-state index contributed by atoms with van der Waals surface area (Å²) in [5.74, 6) is 1.22.